The quantitative estimate of drug-likeness (QED) is 0.168. The fraction of sp³-hybridized carbons (Fsp3) is 0.810. The SMILES string of the molecule is CCCC/C=C/C=[C](\CO)[Sn]([CH2]CCC)([CH2]CCC)[CH2]CCC. The van der Waals surface area contributed by atoms with Gasteiger partial charge in [0.05, 0.1) is 0 Å². The minimum absolute atomic E-state index is 0.311. The first-order valence-corrected chi connectivity index (χ1v) is 17.7. The molecule has 0 spiro atoms. The van der Waals surface area contributed by atoms with E-state index in [1.807, 2.05) is 0 Å². The Labute approximate surface area is 150 Å². The molecule has 0 amide bonds. The molecule has 136 valence electrons. The van der Waals surface area contributed by atoms with Gasteiger partial charge in [-0.1, -0.05) is 0 Å². The third-order valence-corrected chi connectivity index (χ3v) is 21.1. The summed E-state index contributed by atoms with van der Waals surface area (Å²) >= 11 is -2.38. The van der Waals surface area contributed by atoms with Gasteiger partial charge in [0.1, 0.15) is 0 Å². The molecule has 1 N–H and O–H groups in total. The second kappa shape index (κ2) is 15.7. The molecule has 0 aliphatic rings. The zero-order valence-corrected chi connectivity index (χ0v) is 19.2. The normalized spacial score (nSPS) is 13.2. The number of allylic oxidation sites excluding steroid dienone is 3. The Morgan fingerprint density at radius 2 is 1.26 bits per heavy atom. The maximum atomic E-state index is 10.1. The Balaban J connectivity index is 5.24. The summed E-state index contributed by atoms with van der Waals surface area (Å²) < 4.78 is 5.82. The van der Waals surface area contributed by atoms with Crippen LogP contribution in [0, 0.1) is 0 Å². The van der Waals surface area contributed by atoms with Gasteiger partial charge in [0.2, 0.25) is 0 Å². The monoisotopic (exact) mass is 430 g/mol. The molecule has 0 unspecified atom stereocenters. The van der Waals surface area contributed by atoms with E-state index in [2.05, 4.69) is 45.9 Å². The van der Waals surface area contributed by atoms with Crippen LogP contribution in [0.1, 0.15) is 85.5 Å². The van der Waals surface area contributed by atoms with Gasteiger partial charge in [-0.2, -0.15) is 0 Å². The third-order valence-electron chi connectivity index (χ3n) is 5.04. The van der Waals surface area contributed by atoms with E-state index in [0.29, 0.717) is 6.61 Å². The molecule has 0 aliphatic carbocycles. The molecule has 0 aromatic carbocycles. The van der Waals surface area contributed by atoms with Crippen molar-refractivity contribution in [1.82, 2.24) is 0 Å². The Hall–Kier alpha value is 0.239. The van der Waals surface area contributed by atoms with Crippen molar-refractivity contribution < 1.29 is 5.11 Å². The van der Waals surface area contributed by atoms with Gasteiger partial charge < -0.3 is 0 Å². The average Bonchev–Trinajstić information content (AvgIpc) is 2.58. The summed E-state index contributed by atoms with van der Waals surface area (Å²) in [5.74, 6) is 0. The average molecular weight is 429 g/mol. The molecular weight excluding hydrogens is 387 g/mol. The van der Waals surface area contributed by atoms with E-state index >= 15 is 0 Å². The van der Waals surface area contributed by atoms with Crippen molar-refractivity contribution in [1.29, 1.82) is 0 Å². The standard InChI is InChI=1S/C9H15O.3C4H9.Sn/c1-2-3-4-5-6-7-8-9-10;3*1-3-4-2;/h5-7,10H,2-4,9H2,1H3;3*1,3-4H2,2H3;/b6-5+,8-7?;;;;. The van der Waals surface area contributed by atoms with Crippen molar-refractivity contribution in [3.8, 4) is 0 Å². The van der Waals surface area contributed by atoms with E-state index in [0.717, 1.165) is 0 Å². The summed E-state index contributed by atoms with van der Waals surface area (Å²) in [5, 5.41) is 10.1. The van der Waals surface area contributed by atoms with E-state index in [9.17, 15) is 5.11 Å². The second-order valence-electron chi connectivity index (χ2n) is 7.01. The van der Waals surface area contributed by atoms with Crippen LogP contribution >= 0.6 is 0 Å². The zero-order chi connectivity index (χ0) is 17.4. The molecular formula is C21H42OSn. The van der Waals surface area contributed by atoms with E-state index in [4.69, 9.17) is 0 Å². The fourth-order valence-corrected chi connectivity index (χ4v) is 19.4. The molecule has 0 atom stereocenters. The first-order valence-electron chi connectivity index (χ1n) is 10.2. The zero-order valence-electron chi connectivity index (χ0n) is 16.4. The molecule has 0 radical (unpaired) electrons. The molecule has 23 heavy (non-hydrogen) atoms. The molecule has 0 bridgehead atoms. The summed E-state index contributed by atoms with van der Waals surface area (Å²) in [4.78, 5) is 0. The van der Waals surface area contributed by atoms with Crippen molar-refractivity contribution in [2.45, 2.75) is 98.8 Å². The molecule has 1 nitrogen and oxygen atoms in total. The van der Waals surface area contributed by atoms with E-state index in [-0.39, 0.29) is 0 Å². The van der Waals surface area contributed by atoms with Crippen LogP contribution in [0.5, 0.6) is 0 Å². The fourth-order valence-electron chi connectivity index (χ4n) is 3.40. The maximum absolute atomic E-state index is 10.1. The van der Waals surface area contributed by atoms with Crippen LogP contribution < -0.4 is 0 Å². The van der Waals surface area contributed by atoms with Crippen LogP contribution in [0.2, 0.25) is 13.3 Å². The predicted molar refractivity (Wildman–Crippen MR) is 109 cm³/mol. The first-order chi connectivity index (χ1) is 11.2. The van der Waals surface area contributed by atoms with Crippen molar-refractivity contribution in [2.24, 2.45) is 0 Å². The first kappa shape index (κ1) is 23.2. The molecule has 0 rings (SSSR count). The molecule has 0 saturated heterocycles. The van der Waals surface area contributed by atoms with Crippen molar-refractivity contribution >= 4 is 18.4 Å². The van der Waals surface area contributed by atoms with Crippen LogP contribution in [0.4, 0.5) is 0 Å². The van der Waals surface area contributed by atoms with Crippen molar-refractivity contribution in [3.63, 3.8) is 0 Å². The van der Waals surface area contributed by atoms with Gasteiger partial charge in [0, 0.05) is 0 Å². The van der Waals surface area contributed by atoms with Gasteiger partial charge >= 0.3 is 151 Å². The van der Waals surface area contributed by atoms with Gasteiger partial charge in [0.25, 0.3) is 0 Å². The number of aliphatic hydroxyl groups is 1. The van der Waals surface area contributed by atoms with Gasteiger partial charge in [-0.25, -0.2) is 0 Å². The molecule has 0 aromatic heterocycles. The van der Waals surface area contributed by atoms with E-state index < -0.39 is 18.4 Å². The number of unbranched alkanes of at least 4 members (excludes halogenated alkanes) is 5. The van der Waals surface area contributed by atoms with Crippen molar-refractivity contribution in [2.75, 3.05) is 6.61 Å². The summed E-state index contributed by atoms with van der Waals surface area (Å²) in [6, 6.07) is 0. The second-order valence-corrected chi connectivity index (χ2v) is 20.4. The summed E-state index contributed by atoms with van der Waals surface area (Å²) in [7, 11) is 0. The predicted octanol–water partition coefficient (Wildman–Crippen LogP) is 7.04. The summed E-state index contributed by atoms with van der Waals surface area (Å²) in [6.45, 7) is 9.48. The molecule has 0 saturated carbocycles. The van der Waals surface area contributed by atoms with Crippen LogP contribution in [0.25, 0.3) is 0 Å². The van der Waals surface area contributed by atoms with Crippen molar-refractivity contribution in [3.05, 3.63) is 21.8 Å². The number of hydrogen-bond donors (Lipinski definition) is 1. The van der Waals surface area contributed by atoms with Crippen LogP contribution in [-0.4, -0.2) is 30.1 Å². The minimum atomic E-state index is -2.38. The van der Waals surface area contributed by atoms with Gasteiger partial charge in [0.15, 0.2) is 0 Å². The topological polar surface area (TPSA) is 20.2 Å². The number of aliphatic hydroxyl groups excluding tert-OH is 1. The van der Waals surface area contributed by atoms with Gasteiger partial charge in [-0.05, 0) is 0 Å². The molecule has 0 aliphatic heterocycles. The number of rotatable bonds is 15. The van der Waals surface area contributed by atoms with E-state index in [1.165, 1.54) is 74.7 Å². The third kappa shape index (κ3) is 9.96. The molecule has 0 heterocycles. The Morgan fingerprint density at radius 3 is 1.65 bits per heavy atom. The molecule has 0 fully saturated rings. The number of hydrogen-bond acceptors (Lipinski definition) is 1. The summed E-state index contributed by atoms with van der Waals surface area (Å²) in [5.41, 5.74) is 0. The van der Waals surface area contributed by atoms with E-state index in [1.54, 1.807) is 0 Å². The molecule has 0 aromatic rings. The van der Waals surface area contributed by atoms with Gasteiger partial charge in [-0.3, -0.25) is 0 Å². The van der Waals surface area contributed by atoms with Crippen LogP contribution in [0.15, 0.2) is 21.8 Å². The Bertz CT molecular complexity index is 298. The summed E-state index contributed by atoms with van der Waals surface area (Å²) in [6.07, 6.45) is 18.5. The molecule has 2 heteroatoms. The Morgan fingerprint density at radius 1 is 0.783 bits per heavy atom. The Kier molecular flexibility index (Phi) is 15.9. The van der Waals surface area contributed by atoms with Crippen LogP contribution in [-0.2, 0) is 0 Å². The van der Waals surface area contributed by atoms with Crippen LogP contribution in [0.3, 0.4) is 0 Å². The van der Waals surface area contributed by atoms with Gasteiger partial charge in [-0.15, -0.1) is 0 Å².